The number of esters is 2. The van der Waals surface area contributed by atoms with E-state index in [4.69, 9.17) is 18.9 Å². The molecule has 0 aliphatic rings. The van der Waals surface area contributed by atoms with Crippen LogP contribution >= 0.6 is 0 Å². The van der Waals surface area contributed by atoms with Crippen LogP contribution in [0.15, 0.2) is 60.7 Å². The number of benzene rings is 2. The third-order valence-electron chi connectivity index (χ3n) is 4.08. The lowest BCUT2D eigenvalue weighted by atomic mass is 10.2. The second-order valence-electron chi connectivity index (χ2n) is 6.26. The first-order chi connectivity index (χ1) is 14.6. The van der Waals surface area contributed by atoms with E-state index in [0.717, 1.165) is 22.6 Å². The van der Waals surface area contributed by atoms with E-state index in [-0.39, 0.29) is 13.2 Å². The number of ether oxygens (including phenoxy) is 4. The fourth-order valence-corrected chi connectivity index (χ4v) is 2.40. The van der Waals surface area contributed by atoms with Gasteiger partial charge >= 0.3 is 11.9 Å². The molecule has 2 rings (SSSR count). The summed E-state index contributed by atoms with van der Waals surface area (Å²) in [4.78, 5) is 23.4. The molecule has 0 unspecified atom stereocenters. The van der Waals surface area contributed by atoms with Gasteiger partial charge in [-0.1, -0.05) is 24.3 Å². The number of unbranched alkanes of at least 4 members (excludes halogenated alkanes) is 1. The van der Waals surface area contributed by atoms with Gasteiger partial charge in [0.15, 0.2) is 0 Å². The first-order valence-corrected chi connectivity index (χ1v) is 9.58. The number of methoxy groups -OCH3 is 2. The average molecular weight is 410 g/mol. The summed E-state index contributed by atoms with van der Waals surface area (Å²) in [5.41, 5.74) is 1.75. The van der Waals surface area contributed by atoms with Crippen molar-refractivity contribution in [2.24, 2.45) is 0 Å². The van der Waals surface area contributed by atoms with Crippen LogP contribution in [0.1, 0.15) is 24.0 Å². The van der Waals surface area contributed by atoms with Crippen molar-refractivity contribution in [1.29, 1.82) is 0 Å². The van der Waals surface area contributed by atoms with Gasteiger partial charge in [0.1, 0.15) is 11.5 Å². The lowest BCUT2D eigenvalue weighted by Crippen LogP contribution is -2.06. The van der Waals surface area contributed by atoms with Gasteiger partial charge in [0.05, 0.1) is 27.4 Å². The summed E-state index contributed by atoms with van der Waals surface area (Å²) in [6, 6.07) is 14.7. The van der Waals surface area contributed by atoms with E-state index < -0.39 is 11.9 Å². The summed E-state index contributed by atoms with van der Waals surface area (Å²) in [5, 5.41) is 0. The van der Waals surface area contributed by atoms with E-state index in [1.165, 1.54) is 12.2 Å². The Kier molecular flexibility index (Phi) is 9.73. The first-order valence-electron chi connectivity index (χ1n) is 9.58. The van der Waals surface area contributed by atoms with Gasteiger partial charge in [0.2, 0.25) is 0 Å². The zero-order valence-electron chi connectivity index (χ0n) is 17.2. The molecule has 0 atom stereocenters. The maximum Gasteiger partial charge on any atom is 0.330 e. The van der Waals surface area contributed by atoms with Crippen LogP contribution < -0.4 is 9.47 Å². The Morgan fingerprint density at radius 1 is 0.667 bits per heavy atom. The summed E-state index contributed by atoms with van der Waals surface area (Å²) in [7, 11) is 3.20. The molecule has 30 heavy (non-hydrogen) atoms. The van der Waals surface area contributed by atoms with Crippen molar-refractivity contribution in [3.05, 3.63) is 71.8 Å². The zero-order chi connectivity index (χ0) is 21.6. The number of hydrogen-bond acceptors (Lipinski definition) is 6. The van der Waals surface area contributed by atoms with E-state index >= 15 is 0 Å². The number of hydrogen-bond donors (Lipinski definition) is 0. The quantitative estimate of drug-likeness (QED) is 0.313. The Morgan fingerprint density at radius 2 is 1.03 bits per heavy atom. The molecule has 0 saturated heterocycles. The van der Waals surface area contributed by atoms with Crippen molar-refractivity contribution in [2.45, 2.75) is 12.8 Å². The molecule has 0 heterocycles. The topological polar surface area (TPSA) is 71.1 Å². The number of rotatable bonds is 11. The highest BCUT2D eigenvalue weighted by atomic mass is 16.5. The Balaban J connectivity index is 1.57. The van der Waals surface area contributed by atoms with Crippen LogP contribution in [0.5, 0.6) is 11.5 Å². The van der Waals surface area contributed by atoms with Gasteiger partial charge in [-0.05, 0) is 60.4 Å². The zero-order valence-corrected chi connectivity index (χ0v) is 17.2. The minimum Gasteiger partial charge on any atom is -0.497 e. The fraction of sp³-hybridized carbons (Fsp3) is 0.250. The Bertz CT molecular complexity index is 777. The minimum atomic E-state index is -0.412. The molecule has 0 amide bonds. The Labute approximate surface area is 176 Å². The molecule has 6 nitrogen and oxygen atoms in total. The van der Waals surface area contributed by atoms with Crippen molar-refractivity contribution in [1.82, 2.24) is 0 Å². The SMILES string of the molecule is COc1ccc(C=CC(=O)OCCCCOC(=O)C=Cc2ccc(OC)cc2)cc1. The van der Waals surface area contributed by atoms with Gasteiger partial charge in [-0.15, -0.1) is 0 Å². The van der Waals surface area contributed by atoms with E-state index in [1.54, 1.807) is 26.4 Å². The molecule has 0 aliphatic heterocycles. The van der Waals surface area contributed by atoms with Crippen LogP contribution in [0.2, 0.25) is 0 Å². The molecule has 6 heteroatoms. The van der Waals surface area contributed by atoms with Crippen molar-refractivity contribution in [3.8, 4) is 11.5 Å². The predicted molar refractivity (Wildman–Crippen MR) is 115 cm³/mol. The van der Waals surface area contributed by atoms with E-state index in [0.29, 0.717) is 12.8 Å². The van der Waals surface area contributed by atoms with Gasteiger partial charge in [-0.3, -0.25) is 0 Å². The molecule has 0 aromatic heterocycles. The van der Waals surface area contributed by atoms with Crippen LogP contribution in [0.4, 0.5) is 0 Å². The van der Waals surface area contributed by atoms with Gasteiger partial charge in [-0.25, -0.2) is 9.59 Å². The monoisotopic (exact) mass is 410 g/mol. The fourth-order valence-electron chi connectivity index (χ4n) is 2.40. The molecular formula is C24H26O6. The molecule has 0 radical (unpaired) electrons. The van der Waals surface area contributed by atoms with Crippen molar-refractivity contribution >= 4 is 24.1 Å². The van der Waals surface area contributed by atoms with Crippen LogP contribution in [-0.2, 0) is 19.1 Å². The maximum atomic E-state index is 11.7. The molecule has 0 N–H and O–H groups in total. The molecular weight excluding hydrogens is 384 g/mol. The molecule has 0 aliphatic carbocycles. The van der Waals surface area contributed by atoms with Crippen LogP contribution in [0.3, 0.4) is 0 Å². The largest absolute Gasteiger partial charge is 0.497 e. The van der Waals surface area contributed by atoms with E-state index in [1.807, 2.05) is 48.5 Å². The Morgan fingerprint density at radius 3 is 1.37 bits per heavy atom. The molecule has 2 aromatic carbocycles. The summed E-state index contributed by atoms with van der Waals surface area (Å²) >= 11 is 0. The molecule has 0 fully saturated rings. The summed E-state index contributed by atoms with van der Waals surface area (Å²) in [5.74, 6) is 0.689. The van der Waals surface area contributed by atoms with Crippen molar-refractivity contribution in [3.63, 3.8) is 0 Å². The summed E-state index contributed by atoms with van der Waals surface area (Å²) in [6.45, 7) is 0.538. The van der Waals surface area contributed by atoms with Crippen molar-refractivity contribution in [2.75, 3.05) is 27.4 Å². The van der Waals surface area contributed by atoms with Gasteiger partial charge in [0.25, 0.3) is 0 Å². The highest BCUT2D eigenvalue weighted by Crippen LogP contribution is 2.13. The summed E-state index contributed by atoms with van der Waals surface area (Å²) in [6.07, 6.45) is 7.34. The lowest BCUT2D eigenvalue weighted by molar-refractivity contribution is -0.140. The molecule has 0 saturated carbocycles. The number of carbonyl (C=O) groups excluding carboxylic acids is 2. The second kappa shape index (κ2) is 12.8. The second-order valence-corrected chi connectivity index (χ2v) is 6.26. The molecule has 0 bridgehead atoms. The standard InChI is InChI=1S/C24H26O6/c1-27-21-11-5-19(6-12-21)9-15-23(25)29-17-3-4-18-30-24(26)16-10-20-7-13-22(28-2)14-8-20/h5-16H,3-4,17-18H2,1-2H3. The predicted octanol–water partition coefficient (Wildman–Crippen LogP) is 4.30. The molecule has 0 spiro atoms. The van der Waals surface area contributed by atoms with Crippen LogP contribution in [0, 0.1) is 0 Å². The van der Waals surface area contributed by atoms with Gasteiger partial charge in [-0.2, -0.15) is 0 Å². The summed E-state index contributed by atoms with van der Waals surface area (Å²) < 4.78 is 20.4. The average Bonchev–Trinajstić information content (AvgIpc) is 2.79. The Hall–Kier alpha value is -3.54. The van der Waals surface area contributed by atoms with Gasteiger partial charge in [0, 0.05) is 12.2 Å². The van der Waals surface area contributed by atoms with Gasteiger partial charge < -0.3 is 18.9 Å². The minimum absolute atomic E-state index is 0.269. The van der Waals surface area contributed by atoms with E-state index in [9.17, 15) is 9.59 Å². The smallest absolute Gasteiger partial charge is 0.330 e. The molecule has 158 valence electrons. The third kappa shape index (κ3) is 8.65. The lowest BCUT2D eigenvalue weighted by Gasteiger charge is -2.03. The van der Waals surface area contributed by atoms with Crippen LogP contribution in [0.25, 0.3) is 12.2 Å². The first kappa shape index (κ1) is 22.7. The normalized spacial score (nSPS) is 10.9. The molecule has 2 aromatic rings. The highest BCUT2D eigenvalue weighted by Gasteiger charge is 2.00. The highest BCUT2D eigenvalue weighted by molar-refractivity contribution is 5.87. The maximum absolute atomic E-state index is 11.7. The third-order valence-corrected chi connectivity index (χ3v) is 4.08. The van der Waals surface area contributed by atoms with E-state index in [2.05, 4.69) is 0 Å². The number of carbonyl (C=O) groups is 2. The van der Waals surface area contributed by atoms with Crippen molar-refractivity contribution < 1.29 is 28.5 Å². The van der Waals surface area contributed by atoms with Crippen LogP contribution in [-0.4, -0.2) is 39.4 Å².